The van der Waals surface area contributed by atoms with Gasteiger partial charge in [-0.2, -0.15) is 0 Å². The van der Waals surface area contributed by atoms with Gasteiger partial charge in [-0.25, -0.2) is 0 Å². The van der Waals surface area contributed by atoms with Gasteiger partial charge in [0, 0.05) is 0 Å². The van der Waals surface area contributed by atoms with Crippen LogP contribution in [0.5, 0.6) is 0 Å². The van der Waals surface area contributed by atoms with Crippen LogP contribution in [0.2, 0.25) is 0 Å². The maximum absolute atomic E-state index is 10.6. The normalized spacial score (nSPS) is 12.3. The number of carbonyl (C=O) groups is 1. The average molecular weight is 389 g/mol. The molecule has 1 aromatic carbocycles. The van der Waals surface area contributed by atoms with Crippen molar-refractivity contribution < 1.29 is 9.53 Å². The zero-order chi connectivity index (χ0) is 21.4. The third-order valence-electron chi connectivity index (χ3n) is 6.06. The van der Waals surface area contributed by atoms with E-state index in [1.165, 1.54) is 59.9 Å². The molecule has 0 heterocycles. The van der Waals surface area contributed by atoms with Crippen LogP contribution in [0.15, 0.2) is 6.07 Å². The number of unbranched alkanes of at least 4 members (excludes halogenated alkanes) is 3. The Morgan fingerprint density at radius 3 is 2.04 bits per heavy atom. The summed E-state index contributed by atoms with van der Waals surface area (Å²) in [5, 5.41) is 0. The average Bonchev–Trinajstić information content (AvgIpc) is 2.57. The molecule has 28 heavy (non-hydrogen) atoms. The van der Waals surface area contributed by atoms with Crippen LogP contribution in [0.3, 0.4) is 0 Å². The molecule has 0 bridgehead atoms. The first-order valence-electron chi connectivity index (χ1n) is 11.2. The fraction of sp³-hybridized carbons (Fsp3) is 0.731. The summed E-state index contributed by atoms with van der Waals surface area (Å²) in [4.78, 5) is 10.6. The Bertz CT molecular complexity index is 620. The van der Waals surface area contributed by atoms with Gasteiger partial charge < -0.3 is 4.74 Å². The highest BCUT2D eigenvalue weighted by atomic mass is 16.5. The number of ether oxygens (including phenoxy) is 1. The quantitative estimate of drug-likeness (QED) is 0.275. The van der Waals surface area contributed by atoms with Crippen LogP contribution in [0, 0.1) is 26.2 Å². The summed E-state index contributed by atoms with van der Waals surface area (Å²) in [7, 11) is 0. The second kappa shape index (κ2) is 11.0. The molecule has 0 aliphatic carbocycles. The Hall–Kier alpha value is -1.31. The largest absolute Gasteiger partial charge is 0.462 e. The molecule has 2 nitrogen and oxygen atoms in total. The SMILES string of the molecule is Cc1cc(CCCCCC(C)(C)C)c(C)c(C)c1CCCCC(C)(C)OC=O. The molecule has 0 N–H and O–H groups in total. The van der Waals surface area contributed by atoms with Crippen molar-refractivity contribution in [1.29, 1.82) is 0 Å². The van der Waals surface area contributed by atoms with Gasteiger partial charge in [-0.3, -0.25) is 4.79 Å². The summed E-state index contributed by atoms with van der Waals surface area (Å²) in [5.41, 5.74) is 7.57. The zero-order valence-electron chi connectivity index (χ0n) is 19.8. The van der Waals surface area contributed by atoms with Gasteiger partial charge in [0.1, 0.15) is 5.60 Å². The first-order chi connectivity index (χ1) is 13.0. The molecule has 0 aliphatic heterocycles. The lowest BCUT2D eigenvalue weighted by Gasteiger charge is -2.22. The van der Waals surface area contributed by atoms with Crippen molar-refractivity contribution in [2.75, 3.05) is 0 Å². The van der Waals surface area contributed by atoms with E-state index in [2.05, 4.69) is 47.6 Å². The molecule has 2 heteroatoms. The Labute approximate surface area is 174 Å². The molecule has 1 rings (SSSR count). The van der Waals surface area contributed by atoms with E-state index in [9.17, 15) is 4.79 Å². The number of aryl methyl sites for hydroxylation is 2. The molecular weight excluding hydrogens is 344 g/mol. The first-order valence-corrected chi connectivity index (χ1v) is 11.2. The number of carbonyl (C=O) groups excluding carboxylic acids is 1. The van der Waals surface area contributed by atoms with Crippen molar-refractivity contribution in [3.05, 3.63) is 33.9 Å². The fourth-order valence-corrected chi connectivity index (χ4v) is 4.05. The number of benzene rings is 1. The van der Waals surface area contributed by atoms with Crippen molar-refractivity contribution in [3.63, 3.8) is 0 Å². The van der Waals surface area contributed by atoms with Gasteiger partial charge in [0.25, 0.3) is 6.47 Å². The number of rotatable bonds is 12. The molecule has 0 unspecified atom stereocenters. The Balaban J connectivity index is 2.57. The minimum Gasteiger partial charge on any atom is -0.462 e. The predicted octanol–water partition coefficient (Wildman–Crippen LogP) is 7.43. The van der Waals surface area contributed by atoms with Gasteiger partial charge >= 0.3 is 0 Å². The highest BCUT2D eigenvalue weighted by molar-refractivity contribution is 5.44. The minimum atomic E-state index is -0.349. The molecule has 0 radical (unpaired) electrons. The van der Waals surface area contributed by atoms with Gasteiger partial charge in [-0.05, 0) is 113 Å². The van der Waals surface area contributed by atoms with Crippen molar-refractivity contribution >= 4 is 6.47 Å². The summed E-state index contributed by atoms with van der Waals surface area (Å²) in [6.07, 6.45) is 10.7. The summed E-state index contributed by atoms with van der Waals surface area (Å²) in [6, 6.07) is 2.43. The van der Waals surface area contributed by atoms with E-state index in [1.807, 2.05) is 13.8 Å². The Morgan fingerprint density at radius 1 is 0.821 bits per heavy atom. The predicted molar refractivity (Wildman–Crippen MR) is 121 cm³/mol. The van der Waals surface area contributed by atoms with Gasteiger partial charge in [-0.1, -0.05) is 39.7 Å². The zero-order valence-corrected chi connectivity index (χ0v) is 19.8. The number of hydrogen-bond donors (Lipinski definition) is 0. The Kier molecular flexibility index (Phi) is 9.74. The second-order valence-electron chi connectivity index (χ2n) is 10.4. The van der Waals surface area contributed by atoms with Crippen LogP contribution in [-0.2, 0) is 22.4 Å². The third kappa shape index (κ3) is 8.80. The van der Waals surface area contributed by atoms with Crippen molar-refractivity contribution in [2.45, 2.75) is 119 Å². The van der Waals surface area contributed by atoms with Crippen molar-refractivity contribution in [2.24, 2.45) is 5.41 Å². The molecule has 0 aromatic heterocycles. The van der Waals surface area contributed by atoms with Crippen molar-refractivity contribution in [3.8, 4) is 0 Å². The van der Waals surface area contributed by atoms with E-state index in [0.717, 1.165) is 25.7 Å². The minimum absolute atomic E-state index is 0.349. The standard InChI is InChI=1S/C26H44O2/c1-20-18-23(14-10-9-12-16-25(4,5)6)21(2)22(3)24(20)15-11-13-17-26(7,8)28-19-27/h18-19H,9-17H2,1-8H3. The van der Waals surface area contributed by atoms with Crippen LogP contribution in [0.4, 0.5) is 0 Å². The molecule has 0 aliphatic rings. The summed E-state index contributed by atoms with van der Waals surface area (Å²) < 4.78 is 5.16. The highest BCUT2D eigenvalue weighted by Gasteiger charge is 2.18. The molecule has 1 aromatic rings. The number of hydrogen-bond acceptors (Lipinski definition) is 2. The lowest BCUT2D eigenvalue weighted by atomic mass is 9.87. The molecule has 0 saturated carbocycles. The topological polar surface area (TPSA) is 26.3 Å². The molecule has 160 valence electrons. The maximum Gasteiger partial charge on any atom is 0.293 e. The van der Waals surface area contributed by atoms with Gasteiger partial charge in [0.2, 0.25) is 0 Å². The van der Waals surface area contributed by atoms with E-state index < -0.39 is 0 Å². The monoisotopic (exact) mass is 388 g/mol. The Morgan fingerprint density at radius 2 is 1.43 bits per heavy atom. The van der Waals surface area contributed by atoms with E-state index >= 15 is 0 Å². The van der Waals surface area contributed by atoms with Crippen LogP contribution in [-0.4, -0.2) is 12.1 Å². The summed E-state index contributed by atoms with van der Waals surface area (Å²) >= 11 is 0. The first kappa shape index (κ1) is 24.7. The third-order valence-corrected chi connectivity index (χ3v) is 6.06. The smallest absolute Gasteiger partial charge is 0.293 e. The van der Waals surface area contributed by atoms with Crippen molar-refractivity contribution in [1.82, 2.24) is 0 Å². The van der Waals surface area contributed by atoms with E-state index in [4.69, 9.17) is 4.74 Å². The van der Waals surface area contributed by atoms with Gasteiger partial charge in [0.15, 0.2) is 0 Å². The summed E-state index contributed by atoms with van der Waals surface area (Å²) in [5.74, 6) is 0. The molecular formula is C26H44O2. The van der Waals surface area contributed by atoms with Crippen LogP contribution in [0.1, 0.15) is 107 Å². The highest BCUT2D eigenvalue weighted by Crippen LogP contribution is 2.27. The molecule has 0 saturated heterocycles. The molecule has 0 atom stereocenters. The molecule has 0 amide bonds. The van der Waals surface area contributed by atoms with Crippen LogP contribution in [0.25, 0.3) is 0 Å². The van der Waals surface area contributed by atoms with Gasteiger partial charge in [0.05, 0.1) is 0 Å². The van der Waals surface area contributed by atoms with E-state index in [1.54, 1.807) is 0 Å². The fourth-order valence-electron chi connectivity index (χ4n) is 4.05. The lowest BCUT2D eigenvalue weighted by molar-refractivity contribution is -0.140. The maximum atomic E-state index is 10.6. The van der Waals surface area contributed by atoms with Crippen LogP contribution < -0.4 is 0 Å². The molecule has 0 fully saturated rings. The second-order valence-corrected chi connectivity index (χ2v) is 10.4. The van der Waals surface area contributed by atoms with Crippen LogP contribution >= 0.6 is 0 Å². The van der Waals surface area contributed by atoms with Gasteiger partial charge in [-0.15, -0.1) is 0 Å². The summed E-state index contributed by atoms with van der Waals surface area (Å²) in [6.45, 7) is 18.4. The lowest BCUT2D eigenvalue weighted by Crippen LogP contribution is -2.23. The molecule has 0 spiro atoms. The van der Waals surface area contributed by atoms with E-state index in [0.29, 0.717) is 11.9 Å². The van der Waals surface area contributed by atoms with E-state index in [-0.39, 0.29) is 5.60 Å².